The Morgan fingerprint density at radius 2 is 1.65 bits per heavy atom. The molecular weight excluding hydrogens is 363 g/mol. The molecule has 0 aliphatic rings. The highest BCUT2D eigenvalue weighted by Gasteiger charge is 2.30. The van der Waals surface area contributed by atoms with E-state index in [1.165, 1.54) is 23.5 Å². The summed E-state index contributed by atoms with van der Waals surface area (Å²) in [4.78, 5) is 16.1. The van der Waals surface area contributed by atoms with Crippen LogP contribution in [0.2, 0.25) is 0 Å². The van der Waals surface area contributed by atoms with E-state index in [9.17, 15) is 18.0 Å². The van der Waals surface area contributed by atoms with Crippen molar-refractivity contribution in [3.05, 3.63) is 65.0 Å². The van der Waals surface area contributed by atoms with Crippen LogP contribution in [0.3, 0.4) is 0 Å². The van der Waals surface area contributed by atoms with Gasteiger partial charge in [-0.1, -0.05) is 24.3 Å². The van der Waals surface area contributed by atoms with Crippen LogP contribution in [-0.2, 0) is 10.9 Å². The maximum Gasteiger partial charge on any atom is 0.416 e. The molecule has 0 saturated carbocycles. The van der Waals surface area contributed by atoms with E-state index in [2.05, 4.69) is 4.98 Å². The fourth-order valence-electron chi connectivity index (χ4n) is 2.33. The lowest BCUT2D eigenvalue weighted by Crippen LogP contribution is -2.04. The summed E-state index contributed by atoms with van der Waals surface area (Å²) in [5.41, 5.74) is 1.89. The first-order valence-electron chi connectivity index (χ1n) is 7.79. The first kappa shape index (κ1) is 18.1. The molecule has 0 unspecified atom stereocenters. The maximum absolute atomic E-state index is 12.6. The number of hydrogen-bond donors (Lipinski definition) is 0. The van der Waals surface area contributed by atoms with E-state index in [0.717, 1.165) is 17.7 Å². The van der Waals surface area contributed by atoms with Crippen molar-refractivity contribution in [2.24, 2.45) is 0 Å². The molecule has 0 N–H and O–H groups in total. The summed E-state index contributed by atoms with van der Waals surface area (Å²) in [6, 6.07) is 11.8. The SMILES string of the molecule is CCOC(=O)c1ccc(-c2csc(-c3ccc(C(F)(F)F)cc3)n2)cc1. The molecular formula is C19H14F3NO2S. The van der Waals surface area contributed by atoms with Crippen LogP contribution < -0.4 is 0 Å². The Morgan fingerprint density at radius 3 is 2.23 bits per heavy atom. The molecule has 1 heterocycles. The Balaban J connectivity index is 1.80. The van der Waals surface area contributed by atoms with Crippen molar-refractivity contribution in [1.82, 2.24) is 4.98 Å². The molecule has 134 valence electrons. The van der Waals surface area contributed by atoms with Crippen molar-refractivity contribution >= 4 is 17.3 Å². The van der Waals surface area contributed by atoms with Crippen molar-refractivity contribution in [1.29, 1.82) is 0 Å². The minimum absolute atomic E-state index is 0.309. The van der Waals surface area contributed by atoms with Crippen molar-refractivity contribution < 1.29 is 22.7 Å². The fourth-order valence-corrected chi connectivity index (χ4v) is 3.17. The quantitative estimate of drug-likeness (QED) is 0.550. The maximum atomic E-state index is 12.6. The first-order valence-corrected chi connectivity index (χ1v) is 8.67. The van der Waals surface area contributed by atoms with Crippen LogP contribution in [0, 0.1) is 0 Å². The lowest BCUT2D eigenvalue weighted by Gasteiger charge is -2.06. The van der Waals surface area contributed by atoms with Crippen LogP contribution >= 0.6 is 11.3 Å². The highest BCUT2D eigenvalue weighted by Crippen LogP contribution is 2.33. The van der Waals surface area contributed by atoms with Crippen molar-refractivity contribution in [2.45, 2.75) is 13.1 Å². The van der Waals surface area contributed by atoms with E-state index in [1.54, 1.807) is 31.2 Å². The molecule has 26 heavy (non-hydrogen) atoms. The number of ether oxygens (including phenoxy) is 1. The third kappa shape index (κ3) is 3.94. The van der Waals surface area contributed by atoms with Gasteiger partial charge in [-0.05, 0) is 31.2 Å². The number of nitrogens with zero attached hydrogens (tertiary/aromatic N) is 1. The molecule has 0 atom stereocenters. The normalized spacial score (nSPS) is 11.4. The Bertz CT molecular complexity index is 900. The molecule has 0 spiro atoms. The second-order valence-corrected chi connectivity index (χ2v) is 6.27. The Labute approximate surface area is 152 Å². The summed E-state index contributed by atoms with van der Waals surface area (Å²) in [6.45, 7) is 2.05. The average Bonchev–Trinajstić information content (AvgIpc) is 3.11. The van der Waals surface area contributed by atoms with E-state index in [4.69, 9.17) is 4.74 Å². The standard InChI is InChI=1S/C19H14F3NO2S/c1-2-25-18(24)14-5-3-12(4-6-14)16-11-26-17(23-16)13-7-9-15(10-8-13)19(20,21)22/h3-11H,2H2,1H3. The Hall–Kier alpha value is -2.67. The zero-order valence-corrected chi connectivity index (χ0v) is 14.5. The van der Waals surface area contributed by atoms with Crippen LogP contribution in [0.15, 0.2) is 53.9 Å². The van der Waals surface area contributed by atoms with Gasteiger partial charge in [0.15, 0.2) is 0 Å². The summed E-state index contributed by atoms with van der Waals surface area (Å²) in [5.74, 6) is -0.386. The van der Waals surface area contributed by atoms with Crippen LogP contribution in [0.25, 0.3) is 21.8 Å². The number of halogens is 3. The second-order valence-electron chi connectivity index (χ2n) is 5.41. The number of carbonyl (C=O) groups is 1. The molecule has 3 rings (SSSR count). The van der Waals surface area contributed by atoms with Gasteiger partial charge in [-0.15, -0.1) is 11.3 Å². The highest BCUT2D eigenvalue weighted by atomic mass is 32.1. The zero-order chi connectivity index (χ0) is 18.7. The summed E-state index contributed by atoms with van der Waals surface area (Å²) >= 11 is 1.35. The Kier molecular flexibility index (Phi) is 5.08. The molecule has 0 aliphatic heterocycles. The van der Waals surface area contributed by atoms with Gasteiger partial charge in [0.25, 0.3) is 0 Å². The van der Waals surface area contributed by atoms with Crippen LogP contribution in [0.4, 0.5) is 13.2 Å². The second kappa shape index (κ2) is 7.29. The lowest BCUT2D eigenvalue weighted by molar-refractivity contribution is -0.137. The van der Waals surface area contributed by atoms with Gasteiger partial charge in [0, 0.05) is 16.5 Å². The molecule has 1 aromatic heterocycles. The predicted molar refractivity (Wildman–Crippen MR) is 93.9 cm³/mol. The number of thiazole rings is 1. The van der Waals surface area contributed by atoms with E-state index < -0.39 is 11.7 Å². The summed E-state index contributed by atoms with van der Waals surface area (Å²) in [5, 5.41) is 2.45. The number of aromatic nitrogens is 1. The summed E-state index contributed by atoms with van der Waals surface area (Å²) in [6.07, 6.45) is -4.35. The minimum Gasteiger partial charge on any atom is -0.462 e. The third-order valence-corrected chi connectivity index (χ3v) is 4.55. The lowest BCUT2D eigenvalue weighted by atomic mass is 10.1. The smallest absolute Gasteiger partial charge is 0.416 e. The fraction of sp³-hybridized carbons (Fsp3) is 0.158. The number of alkyl halides is 3. The number of carbonyl (C=O) groups excluding carboxylic acids is 1. The molecule has 0 radical (unpaired) electrons. The Morgan fingerprint density at radius 1 is 1.04 bits per heavy atom. The van der Waals surface area contributed by atoms with E-state index in [-0.39, 0.29) is 5.97 Å². The molecule has 3 aromatic rings. The summed E-state index contributed by atoms with van der Waals surface area (Å²) < 4.78 is 42.9. The van der Waals surface area contributed by atoms with Gasteiger partial charge in [0.2, 0.25) is 0 Å². The number of rotatable bonds is 4. The van der Waals surface area contributed by atoms with Gasteiger partial charge in [0.05, 0.1) is 23.4 Å². The first-order chi connectivity index (χ1) is 12.4. The van der Waals surface area contributed by atoms with Crippen LogP contribution in [0.5, 0.6) is 0 Å². The van der Waals surface area contributed by atoms with Gasteiger partial charge < -0.3 is 4.74 Å². The number of benzene rings is 2. The monoisotopic (exact) mass is 377 g/mol. The molecule has 0 fully saturated rings. The highest BCUT2D eigenvalue weighted by molar-refractivity contribution is 7.13. The average molecular weight is 377 g/mol. The van der Waals surface area contributed by atoms with Crippen molar-refractivity contribution in [3.8, 4) is 21.8 Å². The van der Waals surface area contributed by atoms with Crippen LogP contribution in [-0.4, -0.2) is 17.6 Å². The molecule has 3 nitrogen and oxygen atoms in total. The van der Waals surface area contributed by atoms with Gasteiger partial charge in [-0.2, -0.15) is 13.2 Å². The summed E-state index contributed by atoms with van der Waals surface area (Å²) in [7, 11) is 0. The topological polar surface area (TPSA) is 39.2 Å². The van der Waals surface area contributed by atoms with Crippen molar-refractivity contribution in [3.63, 3.8) is 0 Å². The molecule has 0 saturated heterocycles. The number of hydrogen-bond acceptors (Lipinski definition) is 4. The molecule has 7 heteroatoms. The minimum atomic E-state index is -4.35. The van der Waals surface area contributed by atoms with Gasteiger partial charge in [-0.25, -0.2) is 9.78 Å². The van der Waals surface area contributed by atoms with E-state index in [1.807, 2.05) is 5.38 Å². The molecule has 2 aromatic carbocycles. The molecule has 0 amide bonds. The van der Waals surface area contributed by atoms with E-state index >= 15 is 0 Å². The van der Waals surface area contributed by atoms with E-state index in [0.29, 0.717) is 28.4 Å². The van der Waals surface area contributed by atoms with Gasteiger partial charge in [0.1, 0.15) is 5.01 Å². The third-order valence-electron chi connectivity index (χ3n) is 3.66. The van der Waals surface area contributed by atoms with Crippen molar-refractivity contribution in [2.75, 3.05) is 6.61 Å². The zero-order valence-electron chi connectivity index (χ0n) is 13.7. The van der Waals surface area contributed by atoms with Gasteiger partial charge >= 0.3 is 12.1 Å². The largest absolute Gasteiger partial charge is 0.462 e. The predicted octanol–water partition coefficient (Wildman–Crippen LogP) is 5.67. The van der Waals surface area contributed by atoms with Crippen LogP contribution in [0.1, 0.15) is 22.8 Å². The molecule has 0 aliphatic carbocycles. The number of esters is 1. The molecule has 0 bridgehead atoms. The van der Waals surface area contributed by atoms with Gasteiger partial charge in [-0.3, -0.25) is 0 Å².